The first-order chi connectivity index (χ1) is 19.4. The van der Waals surface area contributed by atoms with Crippen LogP contribution in [0.5, 0.6) is 11.5 Å². The predicted molar refractivity (Wildman–Crippen MR) is 153 cm³/mol. The number of hydrogen-bond donors (Lipinski definition) is 0. The van der Waals surface area contributed by atoms with Crippen LogP contribution in [0, 0.1) is 11.6 Å². The van der Waals surface area contributed by atoms with E-state index in [0.29, 0.717) is 37.8 Å². The van der Waals surface area contributed by atoms with E-state index in [1.165, 1.54) is 24.3 Å². The maximum atomic E-state index is 13.3. The van der Waals surface area contributed by atoms with Crippen LogP contribution in [0.1, 0.15) is 22.3 Å². The molecular formula is C34H29F2NO3. The molecule has 1 heterocycles. The van der Waals surface area contributed by atoms with E-state index in [0.717, 1.165) is 33.4 Å². The summed E-state index contributed by atoms with van der Waals surface area (Å²) in [6.07, 6.45) is 3.84. The number of likely N-dealkylation sites (tertiary alicyclic amines) is 1. The highest BCUT2D eigenvalue weighted by atomic mass is 19.1. The Bertz CT molecular complexity index is 1390. The van der Waals surface area contributed by atoms with Crippen molar-refractivity contribution in [1.29, 1.82) is 0 Å². The molecule has 0 aliphatic carbocycles. The van der Waals surface area contributed by atoms with Crippen LogP contribution in [0.25, 0.3) is 12.2 Å². The first-order valence-corrected chi connectivity index (χ1v) is 13.0. The van der Waals surface area contributed by atoms with Crippen molar-refractivity contribution in [2.24, 2.45) is 0 Å². The number of ether oxygens (including phenoxy) is 2. The monoisotopic (exact) mass is 537 g/mol. The molecule has 0 atom stereocenters. The van der Waals surface area contributed by atoms with Crippen molar-refractivity contribution in [3.8, 4) is 11.5 Å². The second kappa shape index (κ2) is 12.5. The highest BCUT2D eigenvalue weighted by Crippen LogP contribution is 2.24. The molecule has 5 rings (SSSR count). The molecule has 4 aromatic rings. The summed E-state index contributed by atoms with van der Waals surface area (Å²) >= 11 is 0. The summed E-state index contributed by atoms with van der Waals surface area (Å²) in [5.41, 5.74) is 5.04. The molecular weight excluding hydrogens is 508 g/mol. The van der Waals surface area contributed by atoms with Crippen LogP contribution in [-0.4, -0.2) is 30.8 Å². The van der Waals surface area contributed by atoms with Crippen LogP contribution in [0.2, 0.25) is 0 Å². The number of rotatable bonds is 8. The van der Waals surface area contributed by atoms with Crippen LogP contribution in [-0.2, 0) is 18.0 Å². The molecule has 1 fully saturated rings. The summed E-state index contributed by atoms with van der Waals surface area (Å²) in [6.45, 7) is 1.82. The molecule has 1 aliphatic heterocycles. The highest BCUT2D eigenvalue weighted by Gasteiger charge is 2.24. The van der Waals surface area contributed by atoms with Crippen LogP contribution in [0.15, 0.2) is 108 Å². The van der Waals surface area contributed by atoms with Gasteiger partial charge >= 0.3 is 0 Å². The number of halogens is 2. The normalized spacial score (nSPS) is 15.9. The largest absolute Gasteiger partial charge is 0.489 e. The van der Waals surface area contributed by atoms with Gasteiger partial charge in [-0.25, -0.2) is 8.78 Å². The molecule has 1 aliphatic rings. The molecule has 0 aromatic heterocycles. The lowest BCUT2D eigenvalue weighted by atomic mass is 9.94. The number of Topliss-reactive ketones (excluding diaryl/α,β-unsaturated/α-hetero) is 1. The van der Waals surface area contributed by atoms with Gasteiger partial charge in [-0.15, -0.1) is 0 Å². The fourth-order valence-electron chi connectivity index (χ4n) is 4.43. The van der Waals surface area contributed by atoms with E-state index < -0.39 is 0 Å². The van der Waals surface area contributed by atoms with E-state index in [9.17, 15) is 13.6 Å². The van der Waals surface area contributed by atoms with Crippen molar-refractivity contribution in [3.05, 3.63) is 142 Å². The third kappa shape index (κ3) is 7.30. The summed E-state index contributed by atoms with van der Waals surface area (Å²) in [7, 11) is 1.99. The molecule has 0 N–H and O–H groups in total. The Balaban J connectivity index is 1.21. The van der Waals surface area contributed by atoms with E-state index in [1.807, 2.05) is 67.7 Å². The van der Waals surface area contributed by atoms with Gasteiger partial charge in [-0.2, -0.15) is 0 Å². The van der Waals surface area contributed by atoms with Crippen LogP contribution < -0.4 is 9.47 Å². The Hall–Kier alpha value is -4.55. The molecule has 0 amide bonds. The molecule has 0 bridgehead atoms. The van der Waals surface area contributed by atoms with Gasteiger partial charge in [-0.3, -0.25) is 9.69 Å². The Kier molecular flexibility index (Phi) is 8.47. The average molecular weight is 538 g/mol. The van der Waals surface area contributed by atoms with Crippen molar-refractivity contribution in [1.82, 2.24) is 4.90 Å². The molecule has 0 radical (unpaired) electrons. The number of piperidine rings is 1. The first kappa shape index (κ1) is 27.0. The van der Waals surface area contributed by atoms with Crippen LogP contribution >= 0.6 is 0 Å². The zero-order valence-corrected chi connectivity index (χ0v) is 22.1. The minimum atomic E-state index is -0.274. The number of hydrogen-bond acceptors (Lipinski definition) is 4. The van der Waals surface area contributed by atoms with E-state index in [-0.39, 0.29) is 17.4 Å². The molecule has 4 aromatic carbocycles. The van der Waals surface area contributed by atoms with E-state index in [1.54, 1.807) is 24.3 Å². The molecule has 202 valence electrons. The van der Waals surface area contributed by atoms with Gasteiger partial charge in [0.1, 0.15) is 36.3 Å². The summed E-state index contributed by atoms with van der Waals surface area (Å²) in [5.74, 6) is 0.883. The van der Waals surface area contributed by atoms with Crippen LogP contribution in [0.4, 0.5) is 8.78 Å². The number of likely N-dealkylation sites (N-methyl/N-ethyl adjacent to an activating group) is 1. The summed E-state index contributed by atoms with van der Waals surface area (Å²) in [6, 6.07) is 27.6. The number of carbonyl (C=O) groups excluding carboxylic acids is 1. The molecule has 4 nitrogen and oxygen atoms in total. The molecule has 40 heavy (non-hydrogen) atoms. The quantitative estimate of drug-likeness (QED) is 0.225. The number of ketones is 1. The third-order valence-corrected chi connectivity index (χ3v) is 6.54. The van der Waals surface area contributed by atoms with E-state index >= 15 is 0 Å². The van der Waals surface area contributed by atoms with Crippen molar-refractivity contribution in [3.63, 3.8) is 0 Å². The van der Waals surface area contributed by atoms with Crippen molar-refractivity contribution >= 4 is 17.9 Å². The lowest BCUT2D eigenvalue weighted by Gasteiger charge is -2.26. The number of carbonyl (C=O) groups is 1. The third-order valence-electron chi connectivity index (χ3n) is 6.54. The smallest absolute Gasteiger partial charge is 0.187 e. The summed E-state index contributed by atoms with van der Waals surface area (Å²) < 4.78 is 37.8. The topological polar surface area (TPSA) is 38.8 Å². The second-order valence-electron chi connectivity index (χ2n) is 9.81. The summed E-state index contributed by atoms with van der Waals surface area (Å²) in [5, 5.41) is 0. The zero-order valence-electron chi connectivity index (χ0n) is 22.1. The molecule has 0 saturated carbocycles. The average Bonchev–Trinajstić information content (AvgIpc) is 2.96. The minimum Gasteiger partial charge on any atom is -0.489 e. The van der Waals surface area contributed by atoms with Gasteiger partial charge in [0, 0.05) is 24.2 Å². The first-order valence-electron chi connectivity index (χ1n) is 13.0. The van der Waals surface area contributed by atoms with Gasteiger partial charge in [0.05, 0.1) is 0 Å². The highest BCUT2D eigenvalue weighted by molar-refractivity contribution is 6.14. The Labute approximate surface area is 232 Å². The van der Waals surface area contributed by atoms with Crippen LogP contribution in [0.3, 0.4) is 0 Å². The maximum Gasteiger partial charge on any atom is 0.187 e. The molecule has 6 heteroatoms. The Morgan fingerprint density at radius 1 is 0.625 bits per heavy atom. The fourth-order valence-corrected chi connectivity index (χ4v) is 4.43. The van der Waals surface area contributed by atoms with Gasteiger partial charge in [0.25, 0.3) is 0 Å². The summed E-state index contributed by atoms with van der Waals surface area (Å²) in [4.78, 5) is 15.4. The Morgan fingerprint density at radius 3 is 1.38 bits per heavy atom. The maximum absolute atomic E-state index is 13.3. The van der Waals surface area contributed by atoms with Crippen molar-refractivity contribution in [2.75, 3.05) is 20.1 Å². The van der Waals surface area contributed by atoms with Gasteiger partial charge < -0.3 is 9.47 Å². The Morgan fingerprint density at radius 2 is 1.00 bits per heavy atom. The van der Waals surface area contributed by atoms with Crippen molar-refractivity contribution in [2.45, 2.75) is 13.2 Å². The van der Waals surface area contributed by atoms with Crippen molar-refractivity contribution < 1.29 is 23.0 Å². The molecule has 0 spiro atoms. The fraction of sp³-hybridized carbons (Fsp3) is 0.147. The van der Waals surface area contributed by atoms with Gasteiger partial charge in [-0.1, -0.05) is 48.5 Å². The predicted octanol–water partition coefficient (Wildman–Crippen LogP) is 7.10. The SMILES string of the molecule is CN1C/C(=C/c2ccc(OCc3ccc(F)cc3)cc2)C(=O)/C(=C/c2ccc(OCc3ccc(F)cc3)cc2)C1. The van der Waals surface area contributed by atoms with Gasteiger partial charge in [-0.05, 0) is 90.0 Å². The standard InChI is InChI=1S/C34H29F2NO3/c1-37-20-28(18-24-6-14-32(15-7-24)39-22-26-2-10-30(35)11-3-26)34(38)29(21-37)19-25-8-16-33(17-9-25)40-23-27-4-12-31(36)13-5-27/h2-19H,20-23H2,1H3/b28-18-,29-19+. The number of nitrogens with zero attached hydrogens (tertiary/aromatic N) is 1. The number of benzene rings is 4. The molecule has 0 unspecified atom stereocenters. The second-order valence-corrected chi connectivity index (χ2v) is 9.81. The lowest BCUT2D eigenvalue weighted by molar-refractivity contribution is -0.113. The van der Waals surface area contributed by atoms with E-state index in [4.69, 9.17) is 9.47 Å². The lowest BCUT2D eigenvalue weighted by Crippen LogP contribution is -2.34. The van der Waals surface area contributed by atoms with Gasteiger partial charge in [0.2, 0.25) is 0 Å². The molecule has 1 saturated heterocycles. The zero-order chi connectivity index (χ0) is 27.9. The van der Waals surface area contributed by atoms with Gasteiger partial charge in [0.15, 0.2) is 5.78 Å². The minimum absolute atomic E-state index is 0.0337. The van der Waals surface area contributed by atoms with E-state index in [2.05, 4.69) is 4.90 Å².